The van der Waals surface area contributed by atoms with E-state index in [2.05, 4.69) is 17.4 Å². The molecule has 0 heterocycles. The highest BCUT2D eigenvalue weighted by molar-refractivity contribution is 5.38. The van der Waals surface area contributed by atoms with E-state index in [9.17, 15) is 10.2 Å². The van der Waals surface area contributed by atoms with Gasteiger partial charge in [0.2, 0.25) is 0 Å². The highest BCUT2D eigenvalue weighted by Gasteiger charge is 2.24. The third kappa shape index (κ3) is 4.09. The first-order valence-corrected chi connectivity index (χ1v) is 7.99. The fraction of sp³-hybridized carbons (Fsp3) is 0.368. The van der Waals surface area contributed by atoms with Crippen molar-refractivity contribution in [3.8, 4) is 5.75 Å². The molecule has 0 spiro atoms. The van der Waals surface area contributed by atoms with E-state index >= 15 is 0 Å². The van der Waals surface area contributed by atoms with Crippen molar-refractivity contribution in [2.45, 2.75) is 31.3 Å². The monoisotopic (exact) mass is 297 g/mol. The number of hydrogen-bond acceptors (Lipinski definition) is 3. The summed E-state index contributed by atoms with van der Waals surface area (Å²) in [7, 11) is 0. The van der Waals surface area contributed by atoms with E-state index in [1.165, 1.54) is 18.4 Å². The van der Waals surface area contributed by atoms with E-state index in [0.29, 0.717) is 12.5 Å². The average Bonchev–Trinajstić information content (AvgIpc) is 3.36. The standard InChI is InChI=1S/C19H23NO2/c21-18-11-16(15-6-7-15)10-17(12-18)19(22)13-20-9-8-14-4-2-1-3-5-14/h1-5,10-12,15,19-22H,6-9,13H2. The zero-order chi connectivity index (χ0) is 15.4. The van der Waals surface area contributed by atoms with E-state index in [4.69, 9.17) is 0 Å². The van der Waals surface area contributed by atoms with E-state index < -0.39 is 6.10 Å². The SMILES string of the molecule is Oc1cc(C(O)CNCCc2ccccc2)cc(C2CC2)c1. The largest absolute Gasteiger partial charge is 0.508 e. The van der Waals surface area contributed by atoms with Gasteiger partial charge in [-0.3, -0.25) is 0 Å². The summed E-state index contributed by atoms with van der Waals surface area (Å²) in [6.07, 6.45) is 2.74. The molecule has 1 saturated carbocycles. The third-order valence-corrected chi connectivity index (χ3v) is 4.17. The van der Waals surface area contributed by atoms with Gasteiger partial charge in [0.05, 0.1) is 6.10 Å². The molecule has 1 fully saturated rings. The van der Waals surface area contributed by atoms with Gasteiger partial charge >= 0.3 is 0 Å². The molecule has 1 aliphatic carbocycles. The molecule has 22 heavy (non-hydrogen) atoms. The number of rotatable bonds is 7. The van der Waals surface area contributed by atoms with Gasteiger partial charge in [-0.15, -0.1) is 0 Å². The van der Waals surface area contributed by atoms with Crippen molar-refractivity contribution in [1.29, 1.82) is 0 Å². The molecule has 3 rings (SSSR count). The Morgan fingerprint density at radius 2 is 1.86 bits per heavy atom. The molecule has 0 amide bonds. The van der Waals surface area contributed by atoms with Crippen LogP contribution in [-0.4, -0.2) is 23.3 Å². The number of aliphatic hydroxyl groups is 1. The zero-order valence-electron chi connectivity index (χ0n) is 12.7. The Balaban J connectivity index is 1.50. The molecule has 3 nitrogen and oxygen atoms in total. The molecule has 2 aromatic carbocycles. The lowest BCUT2D eigenvalue weighted by molar-refractivity contribution is 0.174. The van der Waals surface area contributed by atoms with Crippen LogP contribution in [0.4, 0.5) is 0 Å². The van der Waals surface area contributed by atoms with Gasteiger partial charge in [0.25, 0.3) is 0 Å². The second-order valence-electron chi connectivity index (χ2n) is 6.09. The first-order chi connectivity index (χ1) is 10.7. The fourth-order valence-corrected chi connectivity index (χ4v) is 2.74. The van der Waals surface area contributed by atoms with Gasteiger partial charge in [0.1, 0.15) is 5.75 Å². The quantitative estimate of drug-likeness (QED) is 0.688. The molecular formula is C19H23NO2. The first kappa shape index (κ1) is 15.1. The van der Waals surface area contributed by atoms with E-state index in [1.54, 1.807) is 6.07 Å². The van der Waals surface area contributed by atoms with Crippen LogP contribution in [0, 0.1) is 0 Å². The lowest BCUT2D eigenvalue weighted by Crippen LogP contribution is -2.23. The van der Waals surface area contributed by atoms with Gasteiger partial charge in [0.15, 0.2) is 0 Å². The topological polar surface area (TPSA) is 52.5 Å². The molecule has 3 heteroatoms. The predicted molar refractivity (Wildman–Crippen MR) is 88.1 cm³/mol. The minimum atomic E-state index is -0.583. The van der Waals surface area contributed by atoms with Gasteiger partial charge in [-0.05, 0) is 60.5 Å². The molecular weight excluding hydrogens is 274 g/mol. The third-order valence-electron chi connectivity index (χ3n) is 4.17. The molecule has 0 bridgehead atoms. The van der Waals surface area contributed by atoms with E-state index in [1.807, 2.05) is 30.3 Å². The lowest BCUT2D eigenvalue weighted by atomic mass is 10.0. The van der Waals surface area contributed by atoms with Crippen molar-refractivity contribution in [2.75, 3.05) is 13.1 Å². The molecule has 1 unspecified atom stereocenters. The summed E-state index contributed by atoms with van der Waals surface area (Å²) in [5.74, 6) is 0.826. The number of aliphatic hydroxyl groups excluding tert-OH is 1. The molecule has 3 N–H and O–H groups in total. The summed E-state index contributed by atoms with van der Waals surface area (Å²) in [6, 6.07) is 15.8. The van der Waals surface area contributed by atoms with Crippen LogP contribution in [0.3, 0.4) is 0 Å². The average molecular weight is 297 g/mol. The Bertz CT molecular complexity index is 608. The maximum Gasteiger partial charge on any atom is 0.116 e. The minimum absolute atomic E-state index is 0.253. The number of nitrogens with one attached hydrogen (secondary N) is 1. The highest BCUT2D eigenvalue weighted by Crippen LogP contribution is 2.41. The number of hydrogen-bond donors (Lipinski definition) is 3. The van der Waals surface area contributed by atoms with Crippen LogP contribution in [0.15, 0.2) is 48.5 Å². The summed E-state index contributed by atoms with van der Waals surface area (Å²) >= 11 is 0. The Kier molecular flexibility index (Phi) is 4.76. The predicted octanol–water partition coefficient (Wildman–Crippen LogP) is 3.14. The highest BCUT2D eigenvalue weighted by atomic mass is 16.3. The Hall–Kier alpha value is -1.84. The van der Waals surface area contributed by atoms with Gasteiger partial charge in [-0.1, -0.05) is 36.4 Å². The Morgan fingerprint density at radius 3 is 2.59 bits per heavy atom. The normalized spacial score (nSPS) is 15.7. The second kappa shape index (κ2) is 6.95. The van der Waals surface area contributed by atoms with Crippen molar-refractivity contribution >= 4 is 0 Å². The van der Waals surface area contributed by atoms with Crippen LogP contribution in [0.5, 0.6) is 5.75 Å². The van der Waals surface area contributed by atoms with Crippen LogP contribution >= 0.6 is 0 Å². The molecule has 0 saturated heterocycles. The number of phenolic OH excluding ortho intramolecular Hbond substituents is 1. The summed E-state index contributed by atoms with van der Waals surface area (Å²) in [6.45, 7) is 1.33. The van der Waals surface area contributed by atoms with Gasteiger partial charge in [0, 0.05) is 6.54 Å². The van der Waals surface area contributed by atoms with Gasteiger partial charge in [-0.2, -0.15) is 0 Å². The summed E-state index contributed by atoms with van der Waals surface area (Å²) in [5.41, 5.74) is 3.24. The summed E-state index contributed by atoms with van der Waals surface area (Å²) < 4.78 is 0. The molecule has 2 aromatic rings. The lowest BCUT2D eigenvalue weighted by Gasteiger charge is -2.14. The van der Waals surface area contributed by atoms with Crippen LogP contribution in [0.2, 0.25) is 0 Å². The summed E-state index contributed by atoms with van der Waals surface area (Å²) in [5, 5.41) is 23.4. The first-order valence-electron chi connectivity index (χ1n) is 7.99. The van der Waals surface area contributed by atoms with Crippen molar-refractivity contribution in [3.63, 3.8) is 0 Å². The van der Waals surface area contributed by atoms with Crippen molar-refractivity contribution in [2.24, 2.45) is 0 Å². The molecule has 0 aliphatic heterocycles. The van der Waals surface area contributed by atoms with Gasteiger partial charge in [-0.25, -0.2) is 0 Å². The number of aromatic hydroxyl groups is 1. The maximum atomic E-state index is 10.3. The Morgan fingerprint density at radius 1 is 1.09 bits per heavy atom. The van der Waals surface area contributed by atoms with Crippen LogP contribution in [-0.2, 0) is 6.42 Å². The van der Waals surface area contributed by atoms with E-state index in [-0.39, 0.29) is 5.75 Å². The molecule has 116 valence electrons. The second-order valence-corrected chi connectivity index (χ2v) is 6.09. The maximum absolute atomic E-state index is 10.3. The van der Waals surface area contributed by atoms with Crippen molar-refractivity contribution in [3.05, 3.63) is 65.2 Å². The molecule has 1 aliphatic rings. The number of phenols is 1. The number of benzene rings is 2. The van der Waals surface area contributed by atoms with Crippen molar-refractivity contribution in [1.82, 2.24) is 5.32 Å². The molecule has 0 aromatic heterocycles. The smallest absolute Gasteiger partial charge is 0.116 e. The van der Waals surface area contributed by atoms with Crippen LogP contribution in [0.1, 0.15) is 41.6 Å². The van der Waals surface area contributed by atoms with Crippen LogP contribution < -0.4 is 5.32 Å². The van der Waals surface area contributed by atoms with Crippen LogP contribution in [0.25, 0.3) is 0 Å². The van der Waals surface area contributed by atoms with E-state index in [0.717, 1.165) is 24.1 Å². The molecule has 0 radical (unpaired) electrons. The fourth-order valence-electron chi connectivity index (χ4n) is 2.74. The van der Waals surface area contributed by atoms with Gasteiger partial charge < -0.3 is 15.5 Å². The zero-order valence-corrected chi connectivity index (χ0v) is 12.7. The molecule has 1 atom stereocenters. The summed E-state index contributed by atoms with van der Waals surface area (Å²) in [4.78, 5) is 0. The van der Waals surface area contributed by atoms with Crippen molar-refractivity contribution < 1.29 is 10.2 Å². The minimum Gasteiger partial charge on any atom is -0.508 e. The Labute approximate surface area is 131 Å².